The van der Waals surface area contributed by atoms with Crippen LogP contribution in [0.25, 0.3) is 0 Å². The van der Waals surface area contributed by atoms with Crippen molar-refractivity contribution in [1.82, 2.24) is 10.6 Å². The summed E-state index contributed by atoms with van der Waals surface area (Å²) in [4.78, 5) is 15.1. The minimum Gasteiger partial charge on any atom is -0.378 e. The lowest BCUT2D eigenvalue weighted by Crippen LogP contribution is -2.39. The van der Waals surface area contributed by atoms with Crippen LogP contribution < -0.4 is 16.0 Å². The predicted octanol–water partition coefficient (Wildman–Crippen LogP) is 3.16. The van der Waals surface area contributed by atoms with Crippen molar-refractivity contribution in [2.24, 2.45) is 4.99 Å². The second-order valence-electron chi connectivity index (χ2n) is 6.38. The van der Waals surface area contributed by atoms with Crippen LogP contribution in [0.1, 0.15) is 39.5 Å². The highest BCUT2D eigenvalue weighted by molar-refractivity contribution is 14.0. The average molecular weight is 541 g/mol. The first-order valence-corrected chi connectivity index (χ1v) is 11.4. The third-order valence-electron chi connectivity index (χ3n) is 3.95. The summed E-state index contributed by atoms with van der Waals surface area (Å²) < 4.78 is 23.2. The van der Waals surface area contributed by atoms with E-state index in [0.29, 0.717) is 19.0 Å². The van der Waals surface area contributed by atoms with Crippen molar-refractivity contribution in [1.29, 1.82) is 0 Å². The summed E-state index contributed by atoms with van der Waals surface area (Å²) in [5.41, 5.74) is 0.0140. The standard InChI is InChI=1S/C18H31N5O4S.HI/c1-4-6-7-8-11-21-18(19-5-2)22-13-12-20-16-10-9-15(28(3,26)27)14-17(16)23(24)25;/h9-10,14,20H,4-8,11-13H2,1-3H3,(H2,19,21,22);1H. The third kappa shape index (κ3) is 10.6. The van der Waals surface area contributed by atoms with Gasteiger partial charge in [0.25, 0.3) is 5.69 Å². The van der Waals surface area contributed by atoms with E-state index < -0.39 is 14.8 Å². The zero-order chi connectivity index (χ0) is 21.0. The van der Waals surface area contributed by atoms with E-state index in [2.05, 4.69) is 27.9 Å². The largest absolute Gasteiger partial charge is 0.378 e. The number of rotatable bonds is 12. The van der Waals surface area contributed by atoms with E-state index in [1.807, 2.05) is 6.92 Å². The molecule has 166 valence electrons. The van der Waals surface area contributed by atoms with Gasteiger partial charge >= 0.3 is 0 Å². The lowest BCUT2D eigenvalue weighted by Gasteiger charge is -2.12. The normalized spacial score (nSPS) is 11.5. The minimum absolute atomic E-state index is 0. The van der Waals surface area contributed by atoms with E-state index in [0.717, 1.165) is 38.3 Å². The van der Waals surface area contributed by atoms with Crippen molar-refractivity contribution in [2.75, 3.05) is 37.8 Å². The SMILES string of the molecule is CCCCCCN=C(NCC)NCCNc1ccc(S(C)(=O)=O)cc1[N+](=O)[O-].I. The van der Waals surface area contributed by atoms with E-state index in [9.17, 15) is 18.5 Å². The molecule has 0 atom stereocenters. The van der Waals surface area contributed by atoms with Crippen molar-refractivity contribution in [3.8, 4) is 0 Å². The molecule has 0 radical (unpaired) electrons. The number of unbranched alkanes of at least 4 members (excludes halogenated alkanes) is 3. The van der Waals surface area contributed by atoms with E-state index in [1.165, 1.54) is 25.0 Å². The molecule has 0 aliphatic rings. The number of nitro benzene ring substituents is 1. The van der Waals surface area contributed by atoms with Gasteiger partial charge in [0.05, 0.1) is 9.82 Å². The molecule has 11 heteroatoms. The van der Waals surface area contributed by atoms with Crippen LogP contribution in [0.2, 0.25) is 0 Å². The molecule has 3 N–H and O–H groups in total. The number of nitro groups is 1. The van der Waals surface area contributed by atoms with Gasteiger partial charge in [0.2, 0.25) is 0 Å². The molecule has 0 spiro atoms. The maximum atomic E-state index is 11.6. The Kier molecular flexibility index (Phi) is 13.6. The molecule has 29 heavy (non-hydrogen) atoms. The quantitative estimate of drug-likeness (QED) is 0.0927. The highest BCUT2D eigenvalue weighted by Crippen LogP contribution is 2.27. The number of aliphatic imine (C=N–C) groups is 1. The van der Waals surface area contributed by atoms with E-state index in [1.54, 1.807) is 0 Å². The van der Waals surface area contributed by atoms with Gasteiger partial charge in [-0.25, -0.2) is 8.42 Å². The summed E-state index contributed by atoms with van der Waals surface area (Å²) in [6.07, 6.45) is 5.62. The first-order chi connectivity index (χ1) is 13.3. The molecule has 0 aliphatic heterocycles. The molecular formula is C18H32IN5O4S. The summed E-state index contributed by atoms with van der Waals surface area (Å²) in [6, 6.07) is 3.86. The lowest BCUT2D eigenvalue weighted by molar-refractivity contribution is -0.384. The fourth-order valence-corrected chi connectivity index (χ4v) is 3.13. The van der Waals surface area contributed by atoms with Crippen LogP contribution in [0.4, 0.5) is 11.4 Å². The zero-order valence-electron chi connectivity index (χ0n) is 17.2. The minimum atomic E-state index is -3.50. The van der Waals surface area contributed by atoms with E-state index >= 15 is 0 Å². The number of benzene rings is 1. The molecular weight excluding hydrogens is 509 g/mol. The Morgan fingerprint density at radius 2 is 1.86 bits per heavy atom. The summed E-state index contributed by atoms with van der Waals surface area (Å²) >= 11 is 0. The average Bonchev–Trinajstić information content (AvgIpc) is 2.64. The second kappa shape index (κ2) is 14.4. The molecule has 0 heterocycles. The number of nitrogens with zero attached hydrogens (tertiary/aromatic N) is 2. The number of hydrogen-bond acceptors (Lipinski definition) is 6. The monoisotopic (exact) mass is 541 g/mol. The van der Waals surface area contributed by atoms with Crippen molar-refractivity contribution < 1.29 is 13.3 Å². The van der Waals surface area contributed by atoms with Crippen molar-refractivity contribution >= 4 is 51.1 Å². The molecule has 0 bridgehead atoms. The maximum absolute atomic E-state index is 11.6. The summed E-state index contributed by atoms with van der Waals surface area (Å²) in [6.45, 7) is 6.57. The number of anilines is 1. The third-order valence-corrected chi connectivity index (χ3v) is 5.06. The van der Waals surface area contributed by atoms with Gasteiger partial charge in [-0.3, -0.25) is 15.1 Å². The topological polar surface area (TPSA) is 126 Å². The number of sulfone groups is 1. The molecule has 0 unspecified atom stereocenters. The number of halogens is 1. The van der Waals surface area contributed by atoms with Gasteiger partial charge in [0.15, 0.2) is 15.8 Å². The molecule has 0 amide bonds. The molecule has 1 aromatic carbocycles. The van der Waals surface area contributed by atoms with Gasteiger partial charge in [0.1, 0.15) is 5.69 Å². The van der Waals surface area contributed by atoms with Gasteiger partial charge < -0.3 is 16.0 Å². The summed E-state index contributed by atoms with van der Waals surface area (Å²) in [5.74, 6) is 0.711. The van der Waals surface area contributed by atoms with Crippen LogP contribution >= 0.6 is 24.0 Å². The summed E-state index contributed by atoms with van der Waals surface area (Å²) in [5, 5.41) is 20.6. The Morgan fingerprint density at radius 1 is 1.14 bits per heavy atom. The van der Waals surface area contributed by atoms with Crippen molar-refractivity contribution in [2.45, 2.75) is 44.4 Å². The van der Waals surface area contributed by atoms with Gasteiger partial charge in [-0.15, -0.1) is 24.0 Å². The van der Waals surface area contributed by atoms with Gasteiger partial charge in [0, 0.05) is 38.5 Å². The molecule has 1 aromatic rings. The first-order valence-electron chi connectivity index (χ1n) is 9.54. The Bertz CT molecular complexity index is 772. The highest BCUT2D eigenvalue weighted by Gasteiger charge is 2.18. The summed E-state index contributed by atoms with van der Waals surface area (Å²) in [7, 11) is -3.50. The molecule has 0 aromatic heterocycles. The Morgan fingerprint density at radius 3 is 2.45 bits per heavy atom. The molecule has 9 nitrogen and oxygen atoms in total. The Hall–Kier alpha value is -1.63. The van der Waals surface area contributed by atoms with Gasteiger partial charge in [-0.1, -0.05) is 26.2 Å². The van der Waals surface area contributed by atoms with Crippen LogP contribution in [0.3, 0.4) is 0 Å². The van der Waals surface area contributed by atoms with Crippen LogP contribution in [-0.2, 0) is 9.84 Å². The number of nitrogens with one attached hydrogen (secondary N) is 3. The predicted molar refractivity (Wildman–Crippen MR) is 128 cm³/mol. The van der Waals surface area contributed by atoms with Crippen LogP contribution in [0.5, 0.6) is 0 Å². The van der Waals surface area contributed by atoms with Crippen LogP contribution in [0.15, 0.2) is 28.1 Å². The van der Waals surface area contributed by atoms with E-state index in [-0.39, 0.29) is 40.2 Å². The Labute approximate surface area is 190 Å². The Balaban J connectivity index is 0.00000784. The van der Waals surface area contributed by atoms with Crippen molar-refractivity contribution in [3.05, 3.63) is 28.3 Å². The van der Waals surface area contributed by atoms with Crippen molar-refractivity contribution in [3.63, 3.8) is 0 Å². The van der Waals surface area contributed by atoms with Crippen LogP contribution in [0, 0.1) is 10.1 Å². The maximum Gasteiger partial charge on any atom is 0.293 e. The molecule has 0 saturated carbocycles. The smallest absolute Gasteiger partial charge is 0.293 e. The molecule has 0 aliphatic carbocycles. The second-order valence-corrected chi connectivity index (χ2v) is 8.40. The lowest BCUT2D eigenvalue weighted by atomic mass is 10.2. The molecule has 1 rings (SSSR count). The highest BCUT2D eigenvalue weighted by atomic mass is 127. The molecule has 0 fully saturated rings. The fraction of sp³-hybridized carbons (Fsp3) is 0.611. The van der Waals surface area contributed by atoms with Crippen LogP contribution in [-0.4, -0.2) is 51.7 Å². The zero-order valence-corrected chi connectivity index (χ0v) is 20.4. The first kappa shape index (κ1) is 27.4. The van der Waals surface area contributed by atoms with Gasteiger partial charge in [-0.2, -0.15) is 0 Å². The number of guanidine groups is 1. The number of hydrogen-bond donors (Lipinski definition) is 3. The van der Waals surface area contributed by atoms with E-state index in [4.69, 9.17) is 0 Å². The molecule has 0 saturated heterocycles. The fourth-order valence-electron chi connectivity index (χ4n) is 2.49. The van der Waals surface area contributed by atoms with Gasteiger partial charge in [-0.05, 0) is 25.5 Å².